The molecule has 2 heterocycles. The second-order valence-corrected chi connectivity index (χ2v) is 11.7. The maximum atomic E-state index is 6.38. The van der Waals surface area contributed by atoms with Gasteiger partial charge in [0.25, 0.3) is 0 Å². The predicted molar refractivity (Wildman–Crippen MR) is 168 cm³/mol. The SMILES string of the molecule is CC1(C)OB(c2ccc3c(c2)[nH]c2c(-c4ccccc4)c(-c4ccccc4)c(-c4ccccc4)cc23)OC1(C)C. The first-order chi connectivity index (χ1) is 19.3. The monoisotopic (exact) mass is 521 g/mol. The molecule has 0 amide bonds. The van der Waals surface area contributed by atoms with Crippen molar-refractivity contribution in [3.63, 3.8) is 0 Å². The molecule has 0 saturated carbocycles. The van der Waals surface area contributed by atoms with E-state index in [9.17, 15) is 0 Å². The summed E-state index contributed by atoms with van der Waals surface area (Å²) < 4.78 is 12.8. The molecule has 7 rings (SSSR count). The highest BCUT2D eigenvalue weighted by atomic mass is 16.7. The first-order valence-electron chi connectivity index (χ1n) is 14.0. The summed E-state index contributed by atoms with van der Waals surface area (Å²) in [5.74, 6) is 0. The van der Waals surface area contributed by atoms with E-state index in [4.69, 9.17) is 9.31 Å². The number of rotatable bonds is 4. The number of fused-ring (bicyclic) bond motifs is 3. The largest absolute Gasteiger partial charge is 0.494 e. The molecule has 0 radical (unpaired) electrons. The van der Waals surface area contributed by atoms with Crippen LogP contribution in [0.3, 0.4) is 0 Å². The highest BCUT2D eigenvalue weighted by Gasteiger charge is 2.51. The Balaban J connectivity index is 1.53. The zero-order valence-corrected chi connectivity index (χ0v) is 23.4. The van der Waals surface area contributed by atoms with Crippen LogP contribution in [0.5, 0.6) is 0 Å². The van der Waals surface area contributed by atoms with Crippen molar-refractivity contribution in [2.45, 2.75) is 38.9 Å². The molecule has 1 aliphatic heterocycles. The first-order valence-corrected chi connectivity index (χ1v) is 14.0. The van der Waals surface area contributed by atoms with E-state index in [0.717, 1.165) is 16.5 Å². The molecule has 1 aromatic heterocycles. The number of nitrogens with one attached hydrogen (secondary N) is 1. The summed E-state index contributed by atoms with van der Waals surface area (Å²) in [7, 11) is -0.408. The minimum absolute atomic E-state index is 0.386. The van der Waals surface area contributed by atoms with Crippen LogP contribution in [0.15, 0.2) is 115 Å². The van der Waals surface area contributed by atoms with Gasteiger partial charge in [-0.1, -0.05) is 103 Å². The normalized spacial score (nSPS) is 16.1. The predicted octanol–water partition coefficient (Wildman–Crippen LogP) is 8.62. The Morgan fingerprint density at radius 2 is 1.07 bits per heavy atom. The number of benzene rings is 5. The Labute approximate surface area is 235 Å². The van der Waals surface area contributed by atoms with Crippen LogP contribution in [0, 0.1) is 0 Å². The zero-order valence-electron chi connectivity index (χ0n) is 23.4. The second-order valence-electron chi connectivity index (χ2n) is 11.7. The molecular formula is C36H32BNO2. The average Bonchev–Trinajstić information content (AvgIpc) is 3.45. The first kappa shape index (κ1) is 24.9. The number of hydrogen-bond acceptors (Lipinski definition) is 2. The van der Waals surface area contributed by atoms with E-state index in [-0.39, 0.29) is 11.2 Å². The van der Waals surface area contributed by atoms with Gasteiger partial charge in [-0.2, -0.15) is 0 Å². The van der Waals surface area contributed by atoms with E-state index in [2.05, 4.69) is 148 Å². The number of hydrogen-bond donors (Lipinski definition) is 1. The Bertz CT molecular complexity index is 1820. The van der Waals surface area contributed by atoms with Gasteiger partial charge in [-0.3, -0.25) is 0 Å². The van der Waals surface area contributed by atoms with Crippen LogP contribution in [0.2, 0.25) is 0 Å². The van der Waals surface area contributed by atoms with Gasteiger partial charge in [0.15, 0.2) is 0 Å². The van der Waals surface area contributed by atoms with Gasteiger partial charge in [-0.05, 0) is 73.1 Å². The molecule has 4 heteroatoms. The van der Waals surface area contributed by atoms with Gasteiger partial charge >= 0.3 is 7.12 Å². The fourth-order valence-corrected chi connectivity index (χ4v) is 5.83. The fraction of sp³-hybridized carbons (Fsp3) is 0.167. The van der Waals surface area contributed by atoms with Gasteiger partial charge in [0.05, 0.1) is 16.7 Å². The lowest BCUT2D eigenvalue weighted by Crippen LogP contribution is -2.41. The molecule has 40 heavy (non-hydrogen) atoms. The van der Waals surface area contributed by atoms with Crippen LogP contribution < -0.4 is 5.46 Å². The van der Waals surface area contributed by atoms with Gasteiger partial charge in [0.2, 0.25) is 0 Å². The molecule has 1 fully saturated rings. The summed E-state index contributed by atoms with van der Waals surface area (Å²) in [4.78, 5) is 3.83. The van der Waals surface area contributed by atoms with Crippen LogP contribution in [0.25, 0.3) is 55.2 Å². The Hall–Kier alpha value is -4.12. The molecule has 1 aliphatic rings. The van der Waals surface area contributed by atoms with Gasteiger partial charge in [-0.15, -0.1) is 0 Å². The van der Waals surface area contributed by atoms with E-state index in [0.29, 0.717) is 0 Å². The van der Waals surface area contributed by atoms with Gasteiger partial charge in [-0.25, -0.2) is 0 Å². The lowest BCUT2D eigenvalue weighted by Gasteiger charge is -2.32. The van der Waals surface area contributed by atoms with Crippen LogP contribution in [0.1, 0.15) is 27.7 Å². The van der Waals surface area contributed by atoms with E-state index >= 15 is 0 Å². The summed E-state index contributed by atoms with van der Waals surface area (Å²) in [6, 6.07) is 41.0. The Kier molecular flexibility index (Phi) is 5.74. The van der Waals surface area contributed by atoms with Crippen LogP contribution >= 0.6 is 0 Å². The summed E-state index contributed by atoms with van der Waals surface area (Å²) in [5.41, 5.74) is 9.67. The van der Waals surface area contributed by atoms with E-state index in [1.165, 1.54) is 44.2 Å². The zero-order chi connectivity index (χ0) is 27.5. The molecule has 0 bridgehead atoms. The fourth-order valence-electron chi connectivity index (χ4n) is 5.83. The Morgan fingerprint density at radius 3 is 1.65 bits per heavy atom. The van der Waals surface area contributed by atoms with E-state index in [1.54, 1.807) is 0 Å². The summed E-state index contributed by atoms with van der Waals surface area (Å²) in [6.45, 7) is 8.38. The lowest BCUT2D eigenvalue weighted by atomic mass is 9.78. The minimum Gasteiger partial charge on any atom is -0.399 e. The van der Waals surface area contributed by atoms with Crippen molar-refractivity contribution in [2.75, 3.05) is 0 Å². The van der Waals surface area contributed by atoms with Crippen molar-refractivity contribution in [3.8, 4) is 33.4 Å². The molecule has 3 nitrogen and oxygen atoms in total. The molecule has 5 aromatic carbocycles. The summed E-state index contributed by atoms with van der Waals surface area (Å²) in [6.07, 6.45) is 0. The molecule has 6 aromatic rings. The summed E-state index contributed by atoms with van der Waals surface area (Å²) >= 11 is 0. The molecule has 0 atom stereocenters. The third-order valence-electron chi connectivity index (χ3n) is 8.66. The Morgan fingerprint density at radius 1 is 0.550 bits per heavy atom. The third kappa shape index (κ3) is 3.99. The molecular weight excluding hydrogens is 489 g/mol. The van der Waals surface area contributed by atoms with Crippen molar-refractivity contribution in [2.24, 2.45) is 0 Å². The topological polar surface area (TPSA) is 34.2 Å². The van der Waals surface area contributed by atoms with Gasteiger partial charge < -0.3 is 14.3 Å². The molecule has 1 N–H and O–H groups in total. The van der Waals surface area contributed by atoms with Crippen LogP contribution in [-0.2, 0) is 9.31 Å². The number of aromatic nitrogens is 1. The minimum atomic E-state index is -0.408. The standard InChI is InChI=1S/C36H32BNO2/c1-35(2)36(3,4)40-37(39-35)27-20-21-28-30-23-29(24-14-8-5-9-15-24)32(25-16-10-6-11-17-25)33(26-18-12-7-13-19-26)34(30)38-31(28)22-27/h5-23,38H,1-4H3. The van der Waals surface area contributed by atoms with Crippen molar-refractivity contribution >= 4 is 34.4 Å². The quantitative estimate of drug-likeness (QED) is 0.236. The number of aromatic amines is 1. The van der Waals surface area contributed by atoms with Crippen molar-refractivity contribution in [3.05, 3.63) is 115 Å². The van der Waals surface area contributed by atoms with Crippen LogP contribution in [0.4, 0.5) is 0 Å². The molecule has 196 valence electrons. The average molecular weight is 521 g/mol. The van der Waals surface area contributed by atoms with Gasteiger partial charge in [0.1, 0.15) is 0 Å². The van der Waals surface area contributed by atoms with Gasteiger partial charge in [0, 0.05) is 21.9 Å². The third-order valence-corrected chi connectivity index (χ3v) is 8.66. The molecule has 0 aliphatic carbocycles. The number of H-pyrrole nitrogens is 1. The smallest absolute Gasteiger partial charge is 0.399 e. The molecule has 1 saturated heterocycles. The van der Waals surface area contributed by atoms with Crippen molar-refractivity contribution < 1.29 is 9.31 Å². The molecule has 0 unspecified atom stereocenters. The maximum absolute atomic E-state index is 6.38. The second kappa shape index (κ2) is 9.23. The van der Waals surface area contributed by atoms with E-state index < -0.39 is 7.12 Å². The van der Waals surface area contributed by atoms with Crippen molar-refractivity contribution in [1.82, 2.24) is 4.98 Å². The highest BCUT2D eigenvalue weighted by molar-refractivity contribution is 6.62. The lowest BCUT2D eigenvalue weighted by molar-refractivity contribution is 0.00578. The highest BCUT2D eigenvalue weighted by Crippen LogP contribution is 2.46. The summed E-state index contributed by atoms with van der Waals surface area (Å²) in [5, 5.41) is 2.39. The van der Waals surface area contributed by atoms with E-state index in [1.807, 2.05) is 0 Å². The van der Waals surface area contributed by atoms with Crippen molar-refractivity contribution in [1.29, 1.82) is 0 Å². The van der Waals surface area contributed by atoms with Crippen LogP contribution in [-0.4, -0.2) is 23.3 Å². The maximum Gasteiger partial charge on any atom is 0.494 e. The molecule has 0 spiro atoms.